The van der Waals surface area contributed by atoms with Gasteiger partial charge in [0.15, 0.2) is 0 Å². The first-order valence-corrected chi connectivity index (χ1v) is 5.73. The van der Waals surface area contributed by atoms with E-state index in [0.717, 1.165) is 0 Å². The fraction of sp³-hybridized carbons (Fsp3) is 0. The van der Waals surface area contributed by atoms with Crippen molar-refractivity contribution in [2.24, 2.45) is 0 Å². The molecule has 0 aromatic heterocycles. The number of hydrogen-bond donors (Lipinski definition) is 2. The van der Waals surface area contributed by atoms with Gasteiger partial charge in [-0.15, -0.1) is 0 Å². The summed E-state index contributed by atoms with van der Waals surface area (Å²) in [5, 5.41) is 10.8. The second-order valence-corrected chi connectivity index (χ2v) is 4.71. The van der Waals surface area contributed by atoms with Crippen LogP contribution in [-0.4, -0.2) is 21.3 Å². The normalized spacial score (nSPS) is 13.8. The topological polar surface area (TPSA) is 66.4 Å². The average Bonchev–Trinajstić information content (AvgIpc) is 2.58. The number of carboxylic acids is 1. The summed E-state index contributed by atoms with van der Waals surface area (Å²) in [5.41, 5.74) is 0.331. The standard InChI is InChI=1S/C7H6O2.C4H3NOS2/c8-7(9)6-4-2-1-3-5-6;1-2-3(6)5-4(7)8-2/h1-5H,(H,8,9);1H2,(H,5,6,7). The van der Waals surface area contributed by atoms with Crippen LogP contribution in [0.2, 0.25) is 0 Å². The van der Waals surface area contributed by atoms with Crippen LogP contribution < -0.4 is 5.32 Å². The number of thiocarbonyl (C=S) groups is 1. The van der Waals surface area contributed by atoms with E-state index in [2.05, 4.69) is 24.1 Å². The van der Waals surface area contributed by atoms with Gasteiger partial charge in [-0.05, 0) is 12.1 Å². The number of amides is 1. The molecule has 0 aliphatic carbocycles. The molecule has 1 saturated heterocycles. The van der Waals surface area contributed by atoms with Gasteiger partial charge in [0.05, 0.1) is 10.5 Å². The zero-order chi connectivity index (χ0) is 12.8. The fourth-order valence-electron chi connectivity index (χ4n) is 0.927. The number of hydrogen-bond acceptors (Lipinski definition) is 4. The summed E-state index contributed by atoms with van der Waals surface area (Å²) < 4.78 is 0.500. The Hall–Kier alpha value is -1.66. The Kier molecular flexibility index (Phi) is 4.86. The lowest BCUT2D eigenvalue weighted by Gasteiger charge is -1.88. The highest BCUT2D eigenvalue weighted by atomic mass is 32.2. The molecule has 0 saturated carbocycles. The minimum absolute atomic E-state index is 0.167. The first-order valence-electron chi connectivity index (χ1n) is 4.51. The third-order valence-corrected chi connectivity index (χ3v) is 2.78. The van der Waals surface area contributed by atoms with Gasteiger partial charge in [0.2, 0.25) is 0 Å². The molecule has 2 N–H and O–H groups in total. The SMILES string of the molecule is C=C1SC(=S)NC1=O.O=C(O)c1ccccc1. The Labute approximate surface area is 108 Å². The molecule has 4 nitrogen and oxygen atoms in total. The second-order valence-electron chi connectivity index (χ2n) is 2.94. The van der Waals surface area contributed by atoms with Crippen LogP contribution in [0.1, 0.15) is 10.4 Å². The van der Waals surface area contributed by atoms with Crippen molar-refractivity contribution in [3.05, 3.63) is 47.4 Å². The third-order valence-electron chi connectivity index (χ3n) is 1.71. The van der Waals surface area contributed by atoms with Crippen molar-refractivity contribution in [2.75, 3.05) is 0 Å². The quantitative estimate of drug-likeness (QED) is 0.602. The van der Waals surface area contributed by atoms with Crippen molar-refractivity contribution < 1.29 is 14.7 Å². The lowest BCUT2D eigenvalue weighted by Crippen LogP contribution is -2.17. The number of benzene rings is 1. The molecule has 2 rings (SSSR count). The van der Waals surface area contributed by atoms with Crippen LogP contribution in [0.5, 0.6) is 0 Å². The van der Waals surface area contributed by atoms with Crippen LogP contribution >= 0.6 is 24.0 Å². The minimum Gasteiger partial charge on any atom is -0.478 e. The third kappa shape index (κ3) is 4.38. The van der Waals surface area contributed by atoms with Crippen LogP contribution in [0.15, 0.2) is 41.8 Å². The van der Waals surface area contributed by atoms with E-state index in [9.17, 15) is 9.59 Å². The molecule has 0 spiro atoms. The predicted molar refractivity (Wildman–Crippen MR) is 70.9 cm³/mol. The molecule has 0 bridgehead atoms. The Balaban J connectivity index is 0.000000171. The van der Waals surface area contributed by atoms with Crippen LogP contribution in [0.4, 0.5) is 0 Å². The maximum absolute atomic E-state index is 10.5. The summed E-state index contributed by atoms with van der Waals surface area (Å²) in [6.07, 6.45) is 0. The molecular formula is C11H9NO3S2. The molecule has 88 valence electrons. The molecule has 6 heteroatoms. The van der Waals surface area contributed by atoms with Crippen LogP contribution in [-0.2, 0) is 4.79 Å². The first kappa shape index (κ1) is 13.4. The molecule has 1 aliphatic heterocycles. The van der Waals surface area contributed by atoms with Crippen LogP contribution in [0.3, 0.4) is 0 Å². The van der Waals surface area contributed by atoms with E-state index in [0.29, 0.717) is 14.8 Å². The number of carbonyl (C=O) groups is 2. The highest BCUT2D eigenvalue weighted by Crippen LogP contribution is 2.20. The molecule has 1 aromatic rings. The molecule has 0 radical (unpaired) electrons. The molecule has 1 aromatic carbocycles. The highest BCUT2D eigenvalue weighted by Gasteiger charge is 2.18. The number of carboxylic acid groups (broad SMARTS) is 1. The lowest BCUT2D eigenvalue weighted by molar-refractivity contribution is -0.115. The van der Waals surface area contributed by atoms with Crippen molar-refractivity contribution in [3.8, 4) is 0 Å². The Morgan fingerprint density at radius 2 is 1.94 bits per heavy atom. The molecule has 0 atom stereocenters. The Morgan fingerprint density at radius 3 is 2.18 bits per heavy atom. The van der Waals surface area contributed by atoms with E-state index in [1.807, 2.05) is 0 Å². The number of aromatic carboxylic acids is 1. The molecule has 1 heterocycles. The van der Waals surface area contributed by atoms with Gasteiger partial charge in [-0.25, -0.2) is 4.79 Å². The summed E-state index contributed by atoms with van der Waals surface area (Å²) in [6, 6.07) is 8.30. The first-order chi connectivity index (χ1) is 8.00. The second kappa shape index (κ2) is 6.17. The smallest absolute Gasteiger partial charge is 0.335 e. The number of carbonyl (C=O) groups excluding carboxylic acids is 1. The van der Waals surface area contributed by atoms with Crippen molar-refractivity contribution in [2.45, 2.75) is 0 Å². The molecule has 0 unspecified atom stereocenters. The van der Waals surface area contributed by atoms with Gasteiger partial charge >= 0.3 is 5.97 Å². The maximum Gasteiger partial charge on any atom is 0.335 e. The zero-order valence-electron chi connectivity index (χ0n) is 8.67. The van der Waals surface area contributed by atoms with E-state index in [-0.39, 0.29) is 5.91 Å². The van der Waals surface area contributed by atoms with Gasteiger partial charge in [-0.1, -0.05) is 48.8 Å². The number of rotatable bonds is 1. The fourth-order valence-corrected chi connectivity index (χ4v) is 1.83. The van der Waals surface area contributed by atoms with Gasteiger partial charge in [0, 0.05) is 0 Å². The minimum atomic E-state index is -0.879. The van der Waals surface area contributed by atoms with Crippen molar-refractivity contribution in [1.82, 2.24) is 5.32 Å². The van der Waals surface area contributed by atoms with Crippen molar-refractivity contribution in [3.63, 3.8) is 0 Å². The van der Waals surface area contributed by atoms with Crippen LogP contribution in [0.25, 0.3) is 0 Å². The van der Waals surface area contributed by atoms with E-state index in [4.69, 9.17) is 5.11 Å². The molecular weight excluding hydrogens is 258 g/mol. The van der Waals surface area contributed by atoms with Gasteiger partial charge in [-0.3, -0.25) is 4.79 Å². The summed E-state index contributed by atoms with van der Waals surface area (Å²) in [7, 11) is 0. The van der Waals surface area contributed by atoms with E-state index in [1.54, 1.807) is 30.3 Å². The predicted octanol–water partition coefficient (Wildman–Crippen LogP) is 2.03. The lowest BCUT2D eigenvalue weighted by atomic mass is 10.2. The van der Waals surface area contributed by atoms with Crippen LogP contribution in [0, 0.1) is 0 Å². The molecule has 1 amide bonds. The number of thioether (sulfide) groups is 1. The Bertz CT molecular complexity index is 453. The largest absolute Gasteiger partial charge is 0.478 e. The summed E-state index contributed by atoms with van der Waals surface area (Å²) in [6.45, 7) is 3.45. The van der Waals surface area contributed by atoms with E-state index in [1.165, 1.54) is 11.8 Å². The maximum atomic E-state index is 10.5. The Morgan fingerprint density at radius 1 is 1.35 bits per heavy atom. The van der Waals surface area contributed by atoms with Crippen molar-refractivity contribution >= 4 is 40.2 Å². The summed E-state index contributed by atoms with van der Waals surface area (Å²) in [4.78, 5) is 21.1. The summed E-state index contributed by atoms with van der Waals surface area (Å²) in [5.74, 6) is -1.05. The van der Waals surface area contributed by atoms with E-state index >= 15 is 0 Å². The van der Waals surface area contributed by atoms with Gasteiger partial charge in [-0.2, -0.15) is 0 Å². The van der Waals surface area contributed by atoms with Gasteiger partial charge in [0.25, 0.3) is 5.91 Å². The zero-order valence-corrected chi connectivity index (χ0v) is 10.3. The molecule has 17 heavy (non-hydrogen) atoms. The molecule has 1 aliphatic rings. The van der Waals surface area contributed by atoms with Crippen molar-refractivity contribution in [1.29, 1.82) is 0 Å². The summed E-state index contributed by atoms with van der Waals surface area (Å²) >= 11 is 5.85. The van der Waals surface area contributed by atoms with E-state index < -0.39 is 5.97 Å². The molecule has 1 fully saturated rings. The van der Waals surface area contributed by atoms with Gasteiger partial charge < -0.3 is 10.4 Å². The monoisotopic (exact) mass is 267 g/mol. The van der Waals surface area contributed by atoms with Gasteiger partial charge in [0.1, 0.15) is 4.32 Å². The highest BCUT2D eigenvalue weighted by molar-refractivity contribution is 8.26. The number of nitrogens with one attached hydrogen (secondary N) is 1. The average molecular weight is 267 g/mol.